The lowest BCUT2D eigenvalue weighted by Crippen LogP contribution is -2.48. The minimum atomic E-state index is -0.653. The number of allylic oxidation sites excluding steroid dienone is 2. The van der Waals surface area contributed by atoms with E-state index in [4.69, 9.17) is 9.47 Å². The van der Waals surface area contributed by atoms with Crippen LogP contribution in [0.1, 0.15) is 99.8 Å². The van der Waals surface area contributed by atoms with Crippen LogP contribution < -0.4 is 10.6 Å². The molecule has 0 rings (SSSR count). The predicted octanol–water partition coefficient (Wildman–Crippen LogP) is 5.24. The molecule has 0 aliphatic rings. The van der Waals surface area contributed by atoms with Crippen LogP contribution in [0.25, 0.3) is 0 Å². The zero-order valence-electron chi connectivity index (χ0n) is 20.6. The number of alkyl carbamates (subject to hydrolysis) is 1. The number of hydrogen-bond acceptors (Lipinski definition) is 5. The quantitative estimate of drug-likeness (QED) is 0.285. The highest BCUT2D eigenvalue weighted by molar-refractivity contribution is 5.86. The second-order valence-electron chi connectivity index (χ2n) is 9.20. The molecule has 2 amide bonds. The van der Waals surface area contributed by atoms with Gasteiger partial charge in [-0.15, -0.1) is 0 Å². The van der Waals surface area contributed by atoms with Gasteiger partial charge in [-0.1, -0.05) is 39.7 Å². The lowest BCUT2D eigenvalue weighted by Gasteiger charge is -2.24. The Labute approximate surface area is 188 Å². The Morgan fingerprint density at radius 2 is 1.68 bits per heavy atom. The van der Waals surface area contributed by atoms with Crippen LogP contribution in [-0.2, 0) is 19.1 Å². The predicted molar refractivity (Wildman–Crippen MR) is 123 cm³/mol. The van der Waals surface area contributed by atoms with Gasteiger partial charge in [0.2, 0.25) is 5.91 Å². The first-order valence-electron chi connectivity index (χ1n) is 11.6. The topological polar surface area (TPSA) is 93.7 Å². The van der Waals surface area contributed by atoms with Gasteiger partial charge in [-0.25, -0.2) is 4.79 Å². The molecule has 0 aliphatic carbocycles. The molecule has 0 aromatic carbocycles. The number of unbranched alkanes of at least 4 members (excludes halogenated alkanes) is 3. The summed E-state index contributed by atoms with van der Waals surface area (Å²) in [5, 5.41) is 5.71. The number of carbonyl (C=O) groups is 3. The van der Waals surface area contributed by atoms with Crippen LogP contribution in [0.2, 0.25) is 0 Å². The van der Waals surface area contributed by atoms with E-state index in [0.717, 1.165) is 44.2 Å². The van der Waals surface area contributed by atoms with Crippen molar-refractivity contribution in [3.05, 3.63) is 11.8 Å². The molecule has 0 aromatic rings. The Morgan fingerprint density at radius 3 is 2.23 bits per heavy atom. The number of carbonyl (C=O) groups excluding carboxylic acids is 3. The third kappa shape index (κ3) is 16.3. The Balaban J connectivity index is 4.76. The van der Waals surface area contributed by atoms with E-state index in [-0.39, 0.29) is 17.8 Å². The van der Waals surface area contributed by atoms with Gasteiger partial charge in [-0.05, 0) is 65.7 Å². The molecule has 1 atom stereocenters. The van der Waals surface area contributed by atoms with Gasteiger partial charge in [0.15, 0.2) is 0 Å². The maximum absolute atomic E-state index is 12.9. The van der Waals surface area contributed by atoms with Gasteiger partial charge in [-0.2, -0.15) is 0 Å². The van der Waals surface area contributed by atoms with E-state index in [2.05, 4.69) is 17.6 Å². The fourth-order valence-corrected chi connectivity index (χ4v) is 2.98. The lowest BCUT2D eigenvalue weighted by atomic mass is 10.0. The number of nitrogens with one attached hydrogen (secondary N) is 2. The standard InChI is InChI=1S/C24H44N2O5/c1-8-14-19(15-12-10-11-13-16-21(27)30-9-2)25-22(28)20(17-18(3)4)26-23(29)31-24(5,6)7/h15,18,20H,8-14,16-17H2,1-7H3,(H,25,28)(H,26,29)/b19-15+/t20-/m0/s1. The van der Waals surface area contributed by atoms with Gasteiger partial charge in [0.05, 0.1) is 6.61 Å². The van der Waals surface area contributed by atoms with Crippen LogP contribution in [0.5, 0.6) is 0 Å². The van der Waals surface area contributed by atoms with E-state index in [9.17, 15) is 14.4 Å². The largest absolute Gasteiger partial charge is 0.466 e. The molecule has 0 heterocycles. The van der Waals surface area contributed by atoms with Gasteiger partial charge in [0.1, 0.15) is 11.6 Å². The highest BCUT2D eigenvalue weighted by atomic mass is 16.6. The summed E-state index contributed by atoms with van der Waals surface area (Å²) < 4.78 is 10.2. The first kappa shape index (κ1) is 28.9. The highest BCUT2D eigenvalue weighted by Crippen LogP contribution is 2.12. The van der Waals surface area contributed by atoms with E-state index >= 15 is 0 Å². The van der Waals surface area contributed by atoms with Gasteiger partial charge >= 0.3 is 12.1 Å². The summed E-state index contributed by atoms with van der Waals surface area (Å²) in [4.78, 5) is 36.4. The summed E-state index contributed by atoms with van der Waals surface area (Å²) in [6, 6.07) is -0.653. The summed E-state index contributed by atoms with van der Waals surface area (Å²) in [5.74, 6) is -0.129. The van der Waals surface area contributed by atoms with Crippen LogP contribution in [0.4, 0.5) is 4.79 Å². The minimum Gasteiger partial charge on any atom is -0.466 e. The van der Waals surface area contributed by atoms with Crippen LogP contribution in [0.15, 0.2) is 11.8 Å². The zero-order chi connectivity index (χ0) is 23.9. The molecule has 0 unspecified atom stereocenters. The summed E-state index contributed by atoms with van der Waals surface area (Å²) in [6.07, 6.45) is 7.60. The molecule has 31 heavy (non-hydrogen) atoms. The van der Waals surface area contributed by atoms with E-state index in [1.54, 1.807) is 27.7 Å². The molecule has 2 N–H and O–H groups in total. The maximum Gasteiger partial charge on any atom is 0.408 e. The van der Waals surface area contributed by atoms with Crippen molar-refractivity contribution in [1.29, 1.82) is 0 Å². The van der Waals surface area contributed by atoms with Gasteiger partial charge in [0, 0.05) is 12.1 Å². The third-order valence-corrected chi connectivity index (χ3v) is 4.30. The maximum atomic E-state index is 12.9. The first-order chi connectivity index (χ1) is 14.5. The average Bonchev–Trinajstić information content (AvgIpc) is 2.62. The molecular weight excluding hydrogens is 396 g/mol. The summed E-state index contributed by atoms with van der Waals surface area (Å²) in [6.45, 7) is 13.7. The fourth-order valence-electron chi connectivity index (χ4n) is 2.98. The molecule has 7 heteroatoms. The number of ether oxygens (including phenoxy) is 2. The van der Waals surface area contributed by atoms with E-state index in [0.29, 0.717) is 19.4 Å². The van der Waals surface area contributed by atoms with E-state index < -0.39 is 17.7 Å². The Morgan fingerprint density at radius 1 is 1.00 bits per heavy atom. The molecule has 0 spiro atoms. The van der Waals surface area contributed by atoms with Crippen molar-refractivity contribution in [3.63, 3.8) is 0 Å². The van der Waals surface area contributed by atoms with Crippen molar-refractivity contribution < 1.29 is 23.9 Å². The van der Waals surface area contributed by atoms with Crippen molar-refractivity contribution in [2.24, 2.45) is 5.92 Å². The molecule has 0 radical (unpaired) electrons. The smallest absolute Gasteiger partial charge is 0.408 e. The second-order valence-corrected chi connectivity index (χ2v) is 9.20. The van der Waals surface area contributed by atoms with Crippen molar-refractivity contribution in [1.82, 2.24) is 10.6 Å². The SMILES string of the molecule is CCC/C(=C\CCCCCC(=O)OCC)NC(=O)[C@H](CC(C)C)NC(=O)OC(C)(C)C. The molecule has 0 saturated heterocycles. The molecule has 0 aromatic heterocycles. The van der Waals surface area contributed by atoms with Crippen LogP contribution in [0, 0.1) is 5.92 Å². The highest BCUT2D eigenvalue weighted by Gasteiger charge is 2.25. The molecule has 0 bridgehead atoms. The lowest BCUT2D eigenvalue weighted by molar-refractivity contribution is -0.143. The van der Waals surface area contributed by atoms with Gasteiger partial charge < -0.3 is 20.1 Å². The molecule has 0 aliphatic heterocycles. The average molecular weight is 441 g/mol. The van der Waals surface area contributed by atoms with Gasteiger partial charge in [0.25, 0.3) is 0 Å². The number of amides is 2. The molecule has 0 saturated carbocycles. The van der Waals surface area contributed by atoms with E-state index in [1.807, 2.05) is 19.9 Å². The molecule has 180 valence electrons. The monoisotopic (exact) mass is 440 g/mol. The van der Waals surface area contributed by atoms with Gasteiger partial charge in [-0.3, -0.25) is 9.59 Å². The number of hydrogen-bond donors (Lipinski definition) is 2. The minimum absolute atomic E-state index is 0.148. The van der Waals surface area contributed by atoms with Crippen LogP contribution >= 0.6 is 0 Å². The summed E-state index contributed by atoms with van der Waals surface area (Å²) in [7, 11) is 0. The Kier molecular flexibility index (Phi) is 14.7. The molecular formula is C24H44N2O5. The van der Waals surface area contributed by atoms with Crippen molar-refractivity contribution in [2.75, 3.05) is 6.61 Å². The summed E-state index contributed by atoms with van der Waals surface area (Å²) >= 11 is 0. The fraction of sp³-hybridized carbons (Fsp3) is 0.792. The molecule has 0 fully saturated rings. The van der Waals surface area contributed by atoms with Crippen LogP contribution in [-0.4, -0.2) is 36.2 Å². The summed E-state index contributed by atoms with van der Waals surface area (Å²) in [5.41, 5.74) is 0.251. The molecule has 7 nitrogen and oxygen atoms in total. The zero-order valence-corrected chi connectivity index (χ0v) is 20.6. The Hall–Kier alpha value is -2.05. The third-order valence-electron chi connectivity index (χ3n) is 4.30. The van der Waals surface area contributed by atoms with Crippen molar-refractivity contribution in [3.8, 4) is 0 Å². The first-order valence-corrected chi connectivity index (χ1v) is 11.6. The van der Waals surface area contributed by atoms with E-state index in [1.165, 1.54) is 0 Å². The van der Waals surface area contributed by atoms with Crippen molar-refractivity contribution >= 4 is 18.0 Å². The second kappa shape index (κ2) is 15.7. The number of rotatable bonds is 14. The van der Waals surface area contributed by atoms with Crippen molar-refractivity contribution in [2.45, 2.75) is 111 Å². The normalized spacial score (nSPS) is 13.0. The number of esters is 1. The Bertz CT molecular complexity index is 579. The van der Waals surface area contributed by atoms with Crippen LogP contribution in [0.3, 0.4) is 0 Å².